The summed E-state index contributed by atoms with van der Waals surface area (Å²) >= 11 is 0. The lowest BCUT2D eigenvalue weighted by Crippen LogP contribution is -2.23. The largest absolute Gasteiger partial charge is 0.349 e. The third-order valence-electron chi connectivity index (χ3n) is 3.72. The third-order valence-corrected chi connectivity index (χ3v) is 3.72. The van der Waals surface area contributed by atoms with Gasteiger partial charge < -0.3 is 5.32 Å². The summed E-state index contributed by atoms with van der Waals surface area (Å²) in [7, 11) is 0. The molecule has 1 aliphatic carbocycles. The Labute approximate surface area is 124 Å². The van der Waals surface area contributed by atoms with Gasteiger partial charge in [0.2, 0.25) is 0 Å². The van der Waals surface area contributed by atoms with Crippen LogP contribution in [0.3, 0.4) is 0 Å². The Balaban J connectivity index is 2.12. The van der Waals surface area contributed by atoms with Crippen molar-refractivity contribution in [3.8, 4) is 0 Å². The zero-order valence-corrected chi connectivity index (χ0v) is 12.5. The SMILES string of the molecule is C=CCNC(=O)c1cc(C2CC2)nc2c1cnn2C(C)C. The van der Waals surface area contributed by atoms with Crippen LogP contribution < -0.4 is 5.32 Å². The lowest BCUT2D eigenvalue weighted by Gasteiger charge is -2.10. The standard InChI is InChI=1S/C16H20N4O/c1-4-7-17-16(21)12-8-14(11-5-6-11)19-15-13(12)9-18-20(15)10(2)3/h4,8-11H,1,5-7H2,2-3H3,(H,17,21). The van der Waals surface area contributed by atoms with E-state index in [4.69, 9.17) is 4.98 Å². The molecule has 0 saturated heterocycles. The fraction of sp³-hybridized carbons (Fsp3) is 0.438. The van der Waals surface area contributed by atoms with E-state index in [-0.39, 0.29) is 11.9 Å². The number of hydrogen-bond donors (Lipinski definition) is 1. The van der Waals surface area contributed by atoms with Crippen LogP contribution in [0.25, 0.3) is 11.0 Å². The van der Waals surface area contributed by atoms with E-state index < -0.39 is 0 Å². The summed E-state index contributed by atoms with van der Waals surface area (Å²) < 4.78 is 1.88. The Morgan fingerprint density at radius 2 is 2.33 bits per heavy atom. The van der Waals surface area contributed by atoms with E-state index in [1.807, 2.05) is 10.7 Å². The number of aromatic nitrogens is 3. The summed E-state index contributed by atoms with van der Waals surface area (Å²) in [5.41, 5.74) is 2.47. The maximum atomic E-state index is 12.4. The van der Waals surface area contributed by atoms with Gasteiger partial charge in [0.25, 0.3) is 5.91 Å². The van der Waals surface area contributed by atoms with Gasteiger partial charge in [0.1, 0.15) is 0 Å². The molecule has 5 heteroatoms. The van der Waals surface area contributed by atoms with E-state index >= 15 is 0 Å². The predicted octanol–water partition coefficient (Wildman–Crippen LogP) is 2.81. The molecule has 2 heterocycles. The first-order chi connectivity index (χ1) is 10.1. The van der Waals surface area contributed by atoms with Crippen molar-refractivity contribution in [1.29, 1.82) is 0 Å². The van der Waals surface area contributed by atoms with Crippen LogP contribution in [0.15, 0.2) is 24.9 Å². The summed E-state index contributed by atoms with van der Waals surface area (Å²) in [5.74, 6) is 0.406. The van der Waals surface area contributed by atoms with Crippen LogP contribution in [0.4, 0.5) is 0 Å². The van der Waals surface area contributed by atoms with E-state index in [2.05, 4.69) is 30.8 Å². The second-order valence-corrected chi connectivity index (χ2v) is 5.79. The van der Waals surface area contributed by atoms with Crippen molar-refractivity contribution in [1.82, 2.24) is 20.1 Å². The fourth-order valence-corrected chi connectivity index (χ4v) is 2.45. The zero-order valence-electron chi connectivity index (χ0n) is 12.5. The highest BCUT2D eigenvalue weighted by Gasteiger charge is 2.28. The second-order valence-electron chi connectivity index (χ2n) is 5.79. The molecule has 0 spiro atoms. The molecule has 1 saturated carbocycles. The van der Waals surface area contributed by atoms with Gasteiger partial charge in [-0.1, -0.05) is 6.08 Å². The highest BCUT2D eigenvalue weighted by Crippen LogP contribution is 2.40. The van der Waals surface area contributed by atoms with Crippen LogP contribution in [0.2, 0.25) is 0 Å². The average molecular weight is 284 g/mol. The molecule has 0 aromatic carbocycles. The van der Waals surface area contributed by atoms with Crippen molar-refractivity contribution in [3.63, 3.8) is 0 Å². The molecule has 0 unspecified atom stereocenters. The minimum Gasteiger partial charge on any atom is -0.349 e. The maximum Gasteiger partial charge on any atom is 0.252 e. The molecule has 0 aliphatic heterocycles. The van der Waals surface area contributed by atoms with E-state index in [9.17, 15) is 4.79 Å². The first-order valence-corrected chi connectivity index (χ1v) is 7.39. The van der Waals surface area contributed by atoms with Crippen molar-refractivity contribution >= 4 is 16.9 Å². The van der Waals surface area contributed by atoms with Gasteiger partial charge in [-0.3, -0.25) is 4.79 Å². The van der Waals surface area contributed by atoms with Crippen LogP contribution in [0.1, 0.15) is 54.7 Å². The van der Waals surface area contributed by atoms with Crippen LogP contribution >= 0.6 is 0 Å². The Kier molecular flexibility index (Phi) is 3.49. The molecule has 0 radical (unpaired) electrons. The summed E-state index contributed by atoms with van der Waals surface area (Å²) in [6, 6.07) is 2.14. The van der Waals surface area contributed by atoms with Gasteiger partial charge in [-0.15, -0.1) is 6.58 Å². The molecule has 2 aromatic heterocycles. The van der Waals surface area contributed by atoms with Crippen LogP contribution in [0.5, 0.6) is 0 Å². The van der Waals surface area contributed by atoms with Crippen LogP contribution in [-0.2, 0) is 0 Å². The first kappa shape index (κ1) is 13.8. The average Bonchev–Trinajstić information content (AvgIpc) is 3.22. The van der Waals surface area contributed by atoms with Gasteiger partial charge in [-0.2, -0.15) is 5.10 Å². The molecule has 2 aromatic rings. The molecule has 21 heavy (non-hydrogen) atoms. The quantitative estimate of drug-likeness (QED) is 0.859. The van der Waals surface area contributed by atoms with Crippen LogP contribution in [-0.4, -0.2) is 27.2 Å². The topological polar surface area (TPSA) is 59.8 Å². The molecular weight excluding hydrogens is 264 g/mol. The van der Waals surface area contributed by atoms with Crippen LogP contribution in [0, 0.1) is 0 Å². The molecular formula is C16H20N4O. The number of hydrogen-bond acceptors (Lipinski definition) is 3. The zero-order chi connectivity index (χ0) is 15.0. The smallest absolute Gasteiger partial charge is 0.252 e. The number of carbonyl (C=O) groups excluding carboxylic acids is 1. The van der Waals surface area contributed by atoms with Crippen molar-refractivity contribution < 1.29 is 4.79 Å². The summed E-state index contributed by atoms with van der Waals surface area (Å²) in [6.45, 7) is 8.22. The van der Waals surface area contributed by atoms with Crippen molar-refractivity contribution in [2.75, 3.05) is 6.54 Å². The van der Waals surface area contributed by atoms with Gasteiger partial charge in [0, 0.05) is 24.2 Å². The molecule has 5 nitrogen and oxygen atoms in total. The molecule has 0 bridgehead atoms. The number of carbonyl (C=O) groups is 1. The fourth-order valence-electron chi connectivity index (χ4n) is 2.45. The third kappa shape index (κ3) is 2.55. The molecule has 0 atom stereocenters. The highest BCUT2D eigenvalue weighted by atomic mass is 16.1. The second kappa shape index (κ2) is 5.31. The van der Waals surface area contributed by atoms with E-state index in [1.165, 1.54) is 0 Å². The lowest BCUT2D eigenvalue weighted by molar-refractivity contribution is 0.0959. The molecule has 1 aliphatic rings. The van der Waals surface area contributed by atoms with Gasteiger partial charge >= 0.3 is 0 Å². The summed E-state index contributed by atoms with van der Waals surface area (Å²) in [6.07, 6.45) is 5.72. The maximum absolute atomic E-state index is 12.4. The normalized spacial score (nSPS) is 14.6. The number of amides is 1. The summed E-state index contributed by atoms with van der Waals surface area (Å²) in [4.78, 5) is 17.1. The molecule has 110 valence electrons. The number of rotatable bonds is 5. The molecule has 1 N–H and O–H groups in total. The highest BCUT2D eigenvalue weighted by molar-refractivity contribution is 6.05. The number of fused-ring (bicyclic) bond motifs is 1. The first-order valence-electron chi connectivity index (χ1n) is 7.39. The van der Waals surface area contributed by atoms with Gasteiger partial charge in [-0.05, 0) is 32.8 Å². The van der Waals surface area contributed by atoms with Gasteiger partial charge in [0.05, 0.1) is 17.1 Å². The van der Waals surface area contributed by atoms with Crippen molar-refractivity contribution in [2.24, 2.45) is 0 Å². The molecule has 1 fully saturated rings. The molecule has 1 amide bonds. The van der Waals surface area contributed by atoms with Gasteiger partial charge in [0.15, 0.2) is 5.65 Å². The number of nitrogens with zero attached hydrogens (tertiary/aromatic N) is 3. The Hall–Kier alpha value is -2.17. The van der Waals surface area contributed by atoms with E-state index in [1.54, 1.807) is 12.3 Å². The predicted molar refractivity (Wildman–Crippen MR) is 82.4 cm³/mol. The molecule has 3 rings (SSSR count). The minimum absolute atomic E-state index is 0.0903. The Bertz CT molecular complexity index is 698. The number of nitrogens with one attached hydrogen (secondary N) is 1. The monoisotopic (exact) mass is 284 g/mol. The minimum atomic E-state index is -0.0903. The Morgan fingerprint density at radius 3 is 2.95 bits per heavy atom. The van der Waals surface area contributed by atoms with E-state index in [0.717, 1.165) is 29.6 Å². The lowest BCUT2D eigenvalue weighted by atomic mass is 10.1. The van der Waals surface area contributed by atoms with Gasteiger partial charge in [-0.25, -0.2) is 9.67 Å². The van der Waals surface area contributed by atoms with Crippen molar-refractivity contribution in [2.45, 2.75) is 38.6 Å². The van der Waals surface area contributed by atoms with Crippen molar-refractivity contribution in [3.05, 3.63) is 36.2 Å². The Morgan fingerprint density at radius 1 is 1.57 bits per heavy atom. The summed E-state index contributed by atoms with van der Waals surface area (Å²) in [5, 5.41) is 8.05. The van der Waals surface area contributed by atoms with E-state index in [0.29, 0.717) is 18.0 Å². The number of pyridine rings is 1.